The van der Waals surface area contributed by atoms with E-state index in [1.54, 1.807) is 20.1 Å². The summed E-state index contributed by atoms with van der Waals surface area (Å²) < 4.78 is 18.9. The van der Waals surface area contributed by atoms with E-state index >= 15 is 0 Å². The Kier molecular flexibility index (Phi) is 4.45. The molecule has 0 aliphatic carbocycles. The largest absolute Gasteiger partial charge is 0.497 e. The van der Waals surface area contributed by atoms with Crippen molar-refractivity contribution in [3.8, 4) is 5.75 Å². The van der Waals surface area contributed by atoms with Crippen LogP contribution >= 0.6 is 11.8 Å². The highest BCUT2D eigenvalue weighted by Crippen LogP contribution is 2.34. The van der Waals surface area contributed by atoms with Crippen LogP contribution in [0.1, 0.15) is 18.5 Å². The first-order valence-electron chi connectivity index (χ1n) is 5.97. The highest BCUT2D eigenvalue weighted by molar-refractivity contribution is 7.99. The van der Waals surface area contributed by atoms with Crippen LogP contribution in [0, 0.1) is 5.82 Å². The molecule has 4 heteroatoms. The molecule has 1 unspecified atom stereocenters. The SMILES string of the molecule is COc1ccc(Sc2cccc(F)c2C(C)N)cc1. The summed E-state index contributed by atoms with van der Waals surface area (Å²) in [4.78, 5) is 1.87. The summed E-state index contributed by atoms with van der Waals surface area (Å²) in [6.45, 7) is 1.79. The lowest BCUT2D eigenvalue weighted by Crippen LogP contribution is -2.08. The van der Waals surface area contributed by atoms with E-state index in [-0.39, 0.29) is 11.9 Å². The number of halogens is 1. The van der Waals surface area contributed by atoms with E-state index < -0.39 is 0 Å². The zero-order chi connectivity index (χ0) is 13.8. The van der Waals surface area contributed by atoms with Crippen molar-refractivity contribution < 1.29 is 9.13 Å². The van der Waals surface area contributed by atoms with Gasteiger partial charge in [0.15, 0.2) is 0 Å². The third-order valence-electron chi connectivity index (χ3n) is 2.76. The summed E-state index contributed by atoms with van der Waals surface area (Å²) in [5.41, 5.74) is 6.40. The van der Waals surface area contributed by atoms with Gasteiger partial charge in [0.25, 0.3) is 0 Å². The van der Waals surface area contributed by atoms with Gasteiger partial charge in [-0.25, -0.2) is 4.39 Å². The maximum atomic E-state index is 13.8. The minimum Gasteiger partial charge on any atom is -0.497 e. The van der Waals surface area contributed by atoms with Gasteiger partial charge in [0.2, 0.25) is 0 Å². The van der Waals surface area contributed by atoms with Gasteiger partial charge in [-0.05, 0) is 43.3 Å². The minimum absolute atomic E-state index is 0.256. The molecule has 2 aromatic carbocycles. The van der Waals surface area contributed by atoms with Crippen molar-refractivity contribution in [2.45, 2.75) is 22.8 Å². The lowest BCUT2D eigenvalue weighted by atomic mass is 10.1. The highest BCUT2D eigenvalue weighted by atomic mass is 32.2. The van der Waals surface area contributed by atoms with Gasteiger partial charge in [-0.2, -0.15) is 0 Å². The van der Waals surface area contributed by atoms with Crippen LogP contribution in [0.2, 0.25) is 0 Å². The number of hydrogen-bond donors (Lipinski definition) is 1. The molecule has 0 radical (unpaired) electrons. The van der Waals surface area contributed by atoms with Crippen LogP contribution in [-0.2, 0) is 0 Å². The molecule has 0 spiro atoms. The maximum absolute atomic E-state index is 13.8. The zero-order valence-electron chi connectivity index (χ0n) is 10.9. The molecule has 2 nitrogen and oxygen atoms in total. The maximum Gasteiger partial charge on any atom is 0.129 e. The molecule has 19 heavy (non-hydrogen) atoms. The fraction of sp³-hybridized carbons (Fsp3) is 0.200. The van der Waals surface area contributed by atoms with Crippen LogP contribution in [0.25, 0.3) is 0 Å². The Morgan fingerprint density at radius 3 is 2.42 bits per heavy atom. The molecule has 0 aromatic heterocycles. The summed E-state index contributed by atoms with van der Waals surface area (Å²) in [5.74, 6) is 0.546. The minimum atomic E-state index is -0.332. The van der Waals surface area contributed by atoms with Crippen molar-refractivity contribution in [2.24, 2.45) is 5.73 Å². The van der Waals surface area contributed by atoms with E-state index in [0.717, 1.165) is 15.5 Å². The van der Waals surface area contributed by atoms with Gasteiger partial charge in [0, 0.05) is 21.4 Å². The van der Waals surface area contributed by atoms with Crippen molar-refractivity contribution in [3.63, 3.8) is 0 Å². The first-order chi connectivity index (χ1) is 9.11. The van der Waals surface area contributed by atoms with Crippen LogP contribution in [0.15, 0.2) is 52.3 Å². The lowest BCUT2D eigenvalue weighted by Gasteiger charge is -2.13. The molecular formula is C15H16FNOS. The number of benzene rings is 2. The van der Waals surface area contributed by atoms with Gasteiger partial charge < -0.3 is 10.5 Å². The standard InChI is InChI=1S/C15H16FNOS/c1-10(17)15-13(16)4-3-5-14(15)19-12-8-6-11(18-2)7-9-12/h3-10H,17H2,1-2H3. The van der Waals surface area contributed by atoms with E-state index in [4.69, 9.17) is 10.5 Å². The summed E-state index contributed by atoms with van der Waals surface area (Å²) >= 11 is 1.50. The summed E-state index contributed by atoms with van der Waals surface area (Å²) in [5, 5.41) is 0. The number of methoxy groups -OCH3 is 1. The number of hydrogen-bond acceptors (Lipinski definition) is 3. The van der Waals surface area contributed by atoms with Crippen LogP contribution in [0.3, 0.4) is 0 Å². The van der Waals surface area contributed by atoms with E-state index in [1.807, 2.05) is 30.3 Å². The highest BCUT2D eigenvalue weighted by Gasteiger charge is 2.13. The smallest absolute Gasteiger partial charge is 0.129 e. The van der Waals surface area contributed by atoms with E-state index in [1.165, 1.54) is 17.8 Å². The van der Waals surface area contributed by atoms with Gasteiger partial charge in [0.05, 0.1) is 7.11 Å². The van der Waals surface area contributed by atoms with Gasteiger partial charge in [-0.3, -0.25) is 0 Å². The van der Waals surface area contributed by atoms with Crippen LogP contribution in [0.4, 0.5) is 4.39 Å². The fourth-order valence-electron chi connectivity index (χ4n) is 1.82. The molecule has 0 heterocycles. The fourth-order valence-corrected chi connectivity index (χ4v) is 2.88. The van der Waals surface area contributed by atoms with Crippen LogP contribution < -0.4 is 10.5 Å². The topological polar surface area (TPSA) is 35.2 Å². The Hall–Kier alpha value is -1.52. The quantitative estimate of drug-likeness (QED) is 0.917. The van der Waals surface area contributed by atoms with E-state index in [9.17, 15) is 4.39 Å². The molecule has 0 saturated carbocycles. The Labute approximate surface area is 116 Å². The van der Waals surface area contributed by atoms with Crippen molar-refractivity contribution in [3.05, 3.63) is 53.8 Å². The lowest BCUT2D eigenvalue weighted by molar-refractivity contribution is 0.414. The van der Waals surface area contributed by atoms with Crippen molar-refractivity contribution in [1.29, 1.82) is 0 Å². The second-order valence-corrected chi connectivity index (χ2v) is 5.33. The average molecular weight is 277 g/mol. The molecule has 0 bridgehead atoms. The Morgan fingerprint density at radius 1 is 1.16 bits per heavy atom. The predicted octanol–water partition coefficient (Wildman–Crippen LogP) is 4.01. The molecule has 1 atom stereocenters. The van der Waals surface area contributed by atoms with Crippen LogP contribution in [0.5, 0.6) is 5.75 Å². The molecule has 0 fully saturated rings. The number of rotatable bonds is 4. The first-order valence-corrected chi connectivity index (χ1v) is 6.79. The monoisotopic (exact) mass is 277 g/mol. The summed E-state index contributed by atoms with van der Waals surface area (Å²) in [6, 6.07) is 12.3. The van der Waals surface area contributed by atoms with E-state index in [2.05, 4.69) is 0 Å². The normalized spacial score (nSPS) is 12.2. The van der Waals surface area contributed by atoms with Crippen molar-refractivity contribution in [1.82, 2.24) is 0 Å². The third-order valence-corrected chi connectivity index (χ3v) is 3.84. The summed E-state index contributed by atoms with van der Waals surface area (Å²) in [6.07, 6.45) is 0. The summed E-state index contributed by atoms with van der Waals surface area (Å²) in [7, 11) is 1.63. The zero-order valence-corrected chi connectivity index (χ0v) is 11.7. The molecule has 100 valence electrons. The molecule has 2 aromatic rings. The molecule has 0 aliphatic heterocycles. The van der Waals surface area contributed by atoms with Crippen LogP contribution in [-0.4, -0.2) is 7.11 Å². The van der Waals surface area contributed by atoms with Gasteiger partial charge in [-0.15, -0.1) is 0 Å². The van der Waals surface area contributed by atoms with Gasteiger partial charge in [0.1, 0.15) is 11.6 Å². The molecule has 2 rings (SSSR count). The second-order valence-electron chi connectivity index (χ2n) is 4.22. The average Bonchev–Trinajstić information content (AvgIpc) is 2.39. The van der Waals surface area contributed by atoms with Gasteiger partial charge >= 0.3 is 0 Å². The van der Waals surface area contributed by atoms with E-state index in [0.29, 0.717) is 5.56 Å². The second kappa shape index (κ2) is 6.08. The Balaban J connectivity index is 2.29. The molecule has 0 amide bonds. The molecular weight excluding hydrogens is 261 g/mol. The van der Waals surface area contributed by atoms with Gasteiger partial charge in [-0.1, -0.05) is 17.8 Å². The number of nitrogens with two attached hydrogens (primary N) is 1. The molecule has 0 saturated heterocycles. The molecule has 2 N–H and O–H groups in total. The molecule has 0 aliphatic rings. The Bertz CT molecular complexity index is 555. The van der Waals surface area contributed by atoms with Crippen molar-refractivity contribution in [2.75, 3.05) is 7.11 Å². The number of ether oxygens (including phenoxy) is 1. The first kappa shape index (κ1) is 13.9. The predicted molar refractivity (Wildman–Crippen MR) is 76.1 cm³/mol. The van der Waals surface area contributed by atoms with Crippen molar-refractivity contribution >= 4 is 11.8 Å². The third kappa shape index (κ3) is 3.28. The Morgan fingerprint density at radius 2 is 1.84 bits per heavy atom.